The fraction of sp³-hybridized carbons (Fsp3) is 0.300. The van der Waals surface area contributed by atoms with E-state index < -0.39 is 0 Å². The summed E-state index contributed by atoms with van der Waals surface area (Å²) >= 11 is 0. The number of hydrogen-bond donors (Lipinski definition) is 2. The predicted octanol–water partition coefficient (Wildman–Crippen LogP) is 1.35. The normalized spacial score (nSPS) is 21.0. The number of urea groups is 1. The largest absolute Gasteiger partial charge is 0.336 e. The van der Waals surface area contributed by atoms with Crippen LogP contribution in [0.5, 0.6) is 0 Å². The molecule has 0 aliphatic carbocycles. The average Bonchev–Trinajstić information content (AvgIpc) is 2.53. The van der Waals surface area contributed by atoms with E-state index in [1.165, 1.54) is 5.56 Å². The second-order valence-corrected chi connectivity index (χ2v) is 3.32. The van der Waals surface area contributed by atoms with Gasteiger partial charge in [-0.2, -0.15) is 0 Å². The molecule has 1 aliphatic rings. The van der Waals surface area contributed by atoms with Crippen molar-refractivity contribution in [2.75, 3.05) is 6.54 Å². The maximum absolute atomic E-state index is 10.9. The van der Waals surface area contributed by atoms with Crippen LogP contribution < -0.4 is 10.6 Å². The lowest BCUT2D eigenvalue weighted by molar-refractivity contribution is 0.247. The highest BCUT2D eigenvalue weighted by Crippen LogP contribution is 2.15. The fourth-order valence-electron chi connectivity index (χ4n) is 1.46. The Hall–Kier alpha value is -1.51. The second-order valence-electron chi connectivity index (χ2n) is 3.32. The summed E-state index contributed by atoms with van der Waals surface area (Å²) in [5.74, 6) is 0. The molecule has 68 valence electrons. The molecule has 1 aromatic carbocycles. The predicted molar refractivity (Wildman–Crippen MR) is 50.5 cm³/mol. The Kier molecular flexibility index (Phi) is 1.93. The van der Waals surface area contributed by atoms with Crippen LogP contribution in [0.2, 0.25) is 0 Å². The monoisotopic (exact) mass is 176 g/mol. The molecule has 0 aromatic heterocycles. The summed E-state index contributed by atoms with van der Waals surface area (Å²) in [6, 6.07) is 8.26. The van der Waals surface area contributed by atoms with Gasteiger partial charge in [0.05, 0.1) is 6.04 Å². The molecule has 2 rings (SSSR count). The minimum Gasteiger partial charge on any atom is -0.336 e. The third-order valence-corrected chi connectivity index (χ3v) is 2.25. The molecule has 1 atom stereocenters. The smallest absolute Gasteiger partial charge is 0.315 e. The maximum atomic E-state index is 10.9. The number of benzene rings is 1. The molecular formula is C10H12N2O. The van der Waals surface area contributed by atoms with Crippen molar-refractivity contribution in [3.05, 3.63) is 35.4 Å². The second kappa shape index (κ2) is 3.09. The first-order valence-corrected chi connectivity index (χ1v) is 4.36. The first-order valence-electron chi connectivity index (χ1n) is 4.36. The molecule has 3 nitrogen and oxygen atoms in total. The lowest BCUT2D eigenvalue weighted by Crippen LogP contribution is -2.21. The zero-order chi connectivity index (χ0) is 9.26. The molecule has 2 N–H and O–H groups in total. The number of nitrogens with one attached hydrogen (secondary N) is 2. The van der Waals surface area contributed by atoms with Crippen molar-refractivity contribution >= 4 is 6.03 Å². The van der Waals surface area contributed by atoms with Crippen LogP contribution in [0, 0.1) is 6.92 Å². The van der Waals surface area contributed by atoms with Crippen molar-refractivity contribution in [1.82, 2.24) is 10.6 Å². The van der Waals surface area contributed by atoms with Crippen molar-refractivity contribution in [2.45, 2.75) is 13.0 Å². The van der Waals surface area contributed by atoms with Gasteiger partial charge >= 0.3 is 6.03 Å². The van der Waals surface area contributed by atoms with Crippen molar-refractivity contribution < 1.29 is 4.79 Å². The molecular weight excluding hydrogens is 164 g/mol. The minimum atomic E-state index is -0.0782. The summed E-state index contributed by atoms with van der Waals surface area (Å²) in [7, 11) is 0. The van der Waals surface area contributed by atoms with E-state index in [2.05, 4.69) is 29.7 Å². The minimum absolute atomic E-state index is 0.0782. The number of carbonyl (C=O) groups excluding carboxylic acids is 1. The fourth-order valence-corrected chi connectivity index (χ4v) is 1.46. The Morgan fingerprint density at radius 2 is 2.00 bits per heavy atom. The van der Waals surface area contributed by atoms with Crippen molar-refractivity contribution in [3.63, 3.8) is 0 Å². The summed E-state index contributed by atoms with van der Waals surface area (Å²) in [4.78, 5) is 10.9. The number of rotatable bonds is 1. The zero-order valence-electron chi connectivity index (χ0n) is 7.50. The van der Waals surface area contributed by atoms with E-state index >= 15 is 0 Å². The summed E-state index contributed by atoms with van der Waals surface area (Å²) in [6.07, 6.45) is 0. The lowest BCUT2D eigenvalue weighted by Gasteiger charge is -2.08. The van der Waals surface area contributed by atoms with Gasteiger partial charge in [0.1, 0.15) is 0 Å². The van der Waals surface area contributed by atoms with E-state index in [1.807, 2.05) is 12.1 Å². The van der Waals surface area contributed by atoms with E-state index in [-0.39, 0.29) is 12.1 Å². The zero-order valence-corrected chi connectivity index (χ0v) is 7.50. The highest BCUT2D eigenvalue weighted by molar-refractivity contribution is 5.76. The SMILES string of the molecule is Cc1ccc([C@H]2CNC(=O)N2)cc1. The van der Waals surface area contributed by atoms with Crippen LogP contribution in [-0.2, 0) is 0 Å². The van der Waals surface area contributed by atoms with Gasteiger partial charge in [-0.15, -0.1) is 0 Å². The highest BCUT2D eigenvalue weighted by atomic mass is 16.2. The van der Waals surface area contributed by atoms with E-state index in [4.69, 9.17) is 0 Å². The molecule has 0 spiro atoms. The topological polar surface area (TPSA) is 41.1 Å². The van der Waals surface area contributed by atoms with E-state index in [9.17, 15) is 4.79 Å². The van der Waals surface area contributed by atoms with Gasteiger partial charge in [0.25, 0.3) is 0 Å². The number of amides is 2. The van der Waals surface area contributed by atoms with Crippen molar-refractivity contribution in [1.29, 1.82) is 0 Å². The number of hydrogen-bond acceptors (Lipinski definition) is 1. The molecule has 0 bridgehead atoms. The molecule has 1 fully saturated rings. The van der Waals surface area contributed by atoms with Gasteiger partial charge in [-0.3, -0.25) is 0 Å². The first kappa shape index (κ1) is 8.10. The Morgan fingerprint density at radius 3 is 2.54 bits per heavy atom. The molecule has 13 heavy (non-hydrogen) atoms. The van der Waals surface area contributed by atoms with Gasteiger partial charge in [-0.05, 0) is 12.5 Å². The highest BCUT2D eigenvalue weighted by Gasteiger charge is 2.20. The van der Waals surface area contributed by atoms with Crippen LogP contribution in [0.4, 0.5) is 4.79 Å². The van der Waals surface area contributed by atoms with Gasteiger partial charge in [0.15, 0.2) is 0 Å². The summed E-state index contributed by atoms with van der Waals surface area (Å²) < 4.78 is 0. The van der Waals surface area contributed by atoms with E-state index in [1.54, 1.807) is 0 Å². The molecule has 0 unspecified atom stereocenters. The number of aryl methyl sites for hydroxylation is 1. The van der Waals surface area contributed by atoms with Gasteiger partial charge in [0.2, 0.25) is 0 Å². The van der Waals surface area contributed by atoms with Gasteiger partial charge in [-0.1, -0.05) is 29.8 Å². The molecule has 1 aliphatic heterocycles. The Labute approximate surface area is 77.1 Å². The van der Waals surface area contributed by atoms with Gasteiger partial charge < -0.3 is 10.6 Å². The molecule has 1 heterocycles. The van der Waals surface area contributed by atoms with Crippen molar-refractivity contribution in [2.24, 2.45) is 0 Å². The van der Waals surface area contributed by atoms with Gasteiger partial charge in [-0.25, -0.2) is 4.79 Å². The summed E-state index contributed by atoms with van der Waals surface area (Å²) in [5, 5.41) is 5.57. The van der Waals surface area contributed by atoms with Crippen LogP contribution in [0.15, 0.2) is 24.3 Å². The van der Waals surface area contributed by atoms with Crippen LogP contribution in [-0.4, -0.2) is 12.6 Å². The maximum Gasteiger partial charge on any atom is 0.315 e. The molecule has 0 saturated carbocycles. The third-order valence-electron chi connectivity index (χ3n) is 2.25. The quantitative estimate of drug-likeness (QED) is 0.666. The average molecular weight is 176 g/mol. The third kappa shape index (κ3) is 1.64. The molecule has 3 heteroatoms. The molecule has 2 amide bonds. The summed E-state index contributed by atoms with van der Waals surface area (Å²) in [5.41, 5.74) is 2.39. The molecule has 0 radical (unpaired) electrons. The molecule has 1 saturated heterocycles. The standard InChI is InChI=1S/C10H12N2O/c1-7-2-4-8(5-3-7)9-6-11-10(13)12-9/h2-5,9H,6H2,1H3,(H2,11,12,13)/t9-/m1/s1. The van der Waals surface area contributed by atoms with Crippen molar-refractivity contribution in [3.8, 4) is 0 Å². The molecule has 1 aromatic rings. The van der Waals surface area contributed by atoms with Crippen LogP contribution in [0.25, 0.3) is 0 Å². The van der Waals surface area contributed by atoms with Crippen LogP contribution >= 0.6 is 0 Å². The number of carbonyl (C=O) groups is 1. The Morgan fingerprint density at radius 1 is 1.31 bits per heavy atom. The Balaban J connectivity index is 2.17. The van der Waals surface area contributed by atoms with Crippen LogP contribution in [0.3, 0.4) is 0 Å². The Bertz CT molecular complexity index is 318. The van der Waals surface area contributed by atoms with E-state index in [0.29, 0.717) is 6.54 Å². The lowest BCUT2D eigenvalue weighted by atomic mass is 10.1. The van der Waals surface area contributed by atoms with Crippen LogP contribution in [0.1, 0.15) is 17.2 Å². The first-order chi connectivity index (χ1) is 6.25. The summed E-state index contributed by atoms with van der Waals surface area (Å²) in [6.45, 7) is 2.73. The van der Waals surface area contributed by atoms with E-state index in [0.717, 1.165) is 5.56 Å². The van der Waals surface area contributed by atoms with Gasteiger partial charge in [0, 0.05) is 6.54 Å².